The Balaban J connectivity index is 2.09. The van der Waals surface area contributed by atoms with E-state index in [1.54, 1.807) is 11.3 Å². The van der Waals surface area contributed by atoms with Crippen LogP contribution >= 0.6 is 27.3 Å². The number of carbonyl (C=O) groups excluding carboxylic acids is 1. The second kappa shape index (κ2) is 7.49. The fourth-order valence-electron chi connectivity index (χ4n) is 3.88. The molecule has 0 saturated carbocycles. The maximum Gasteiger partial charge on any atom is 0.341 e. The summed E-state index contributed by atoms with van der Waals surface area (Å²) in [6.07, 6.45) is 2.64. The Morgan fingerprint density at radius 3 is 2.59 bits per heavy atom. The molecule has 0 spiro atoms. The van der Waals surface area contributed by atoms with Gasteiger partial charge in [0.2, 0.25) is 0 Å². The van der Waals surface area contributed by atoms with Crippen LogP contribution in [0.1, 0.15) is 61.0 Å². The van der Waals surface area contributed by atoms with E-state index >= 15 is 0 Å². The molecule has 27 heavy (non-hydrogen) atoms. The van der Waals surface area contributed by atoms with Gasteiger partial charge < -0.3 is 10.1 Å². The van der Waals surface area contributed by atoms with Gasteiger partial charge in [-0.15, -0.1) is 11.3 Å². The minimum absolute atomic E-state index is 0.0194. The largest absolute Gasteiger partial charge is 0.462 e. The van der Waals surface area contributed by atoms with Crippen LogP contribution in [-0.4, -0.2) is 24.3 Å². The number of thiophene rings is 1. The Morgan fingerprint density at radius 1 is 1.30 bits per heavy atom. The van der Waals surface area contributed by atoms with Crippen LogP contribution in [0.3, 0.4) is 0 Å². The van der Waals surface area contributed by atoms with Crippen molar-refractivity contribution in [2.75, 3.05) is 6.61 Å². The number of benzene rings is 1. The zero-order chi connectivity index (χ0) is 19.8. The first-order chi connectivity index (χ1) is 12.6. The molecule has 0 aliphatic carbocycles. The number of aliphatic imine (C=N–C) groups is 1. The summed E-state index contributed by atoms with van der Waals surface area (Å²) in [7, 11) is 0. The molecule has 0 fully saturated rings. The molecular weight excluding hydrogens is 424 g/mol. The predicted molar refractivity (Wildman–Crippen MR) is 114 cm³/mol. The Hall–Kier alpha value is -1.50. The summed E-state index contributed by atoms with van der Waals surface area (Å²) in [6.45, 7) is 11.0. The molecule has 1 aliphatic heterocycles. The van der Waals surface area contributed by atoms with Crippen LogP contribution in [0, 0.1) is 0 Å². The Morgan fingerprint density at radius 2 is 1.96 bits per heavy atom. The van der Waals surface area contributed by atoms with Gasteiger partial charge in [0, 0.05) is 17.1 Å². The molecule has 2 heterocycles. The summed E-state index contributed by atoms with van der Waals surface area (Å²) in [4.78, 5) is 18.7. The van der Waals surface area contributed by atoms with E-state index in [4.69, 9.17) is 9.73 Å². The number of hydrogen-bond donors (Lipinski definition) is 1. The fourth-order valence-corrected chi connectivity index (χ4v) is 5.37. The molecule has 144 valence electrons. The normalized spacial score (nSPS) is 17.7. The third-order valence-electron chi connectivity index (χ3n) is 4.64. The van der Waals surface area contributed by atoms with Crippen molar-refractivity contribution in [2.45, 2.75) is 52.1 Å². The highest BCUT2D eigenvalue weighted by atomic mass is 79.9. The Kier molecular flexibility index (Phi) is 5.62. The lowest BCUT2D eigenvalue weighted by Crippen LogP contribution is -3.03. The molecule has 0 unspecified atom stereocenters. The number of quaternary nitrogens is 1. The zero-order valence-corrected chi connectivity index (χ0v) is 18.8. The van der Waals surface area contributed by atoms with E-state index < -0.39 is 0 Å². The van der Waals surface area contributed by atoms with Gasteiger partial charge in [-0.1, -0.05) is 28.1 Å². The molecule has 0 amide bonds. The molecule has 1 aliphatic rings. The summed E-state index contributed by atoms with van der Waals surface area (Å²) >= 11 is 5.05. The lowest BCUT2D eigenvalue weighted by molar-refractivity contribution is -0.789. The molecule has 3 rings (SSSR count). The molecule has 0 radical (unpaired) electrons. The topological polar surface area (TPSA) is 55.3 Å². The van der Waals surface area contributed by atoms with Crippen LogP contribution < -0.4 is 5.32 Å². The highest BCUT2D eigenvalue weighted by Gasteiger charge is 2.45. The maximum atomic E-state index is 12.8. The Labute approximate surface area is 173 Å². The summed E-state index contributed by atoms with van der Waals surface area (Å²) in [6, 6.07) is 7.94. The van der Waals surface area contributed by atoms with Crippen LogP contribution in [0.5, 0.6) is 0 Å². The molecule has 6 heteroatoms. The minimum Gasteiger partial charge on any atom is -0.462 e. The summed E-state index contributed by atoms with van der Waals surface area (Å²) in [5, 5.41) is 3.12. The van der Waals surface area contributed by atoms with Gasteiger partial charge >= 0.3 is 5.97 Å². The first kappa shape index (κ1) is 20.2. The van der Waals surface area contributed by atoms with Crippen LogP contribution in [0.2, 0.25) is 0 Å². The van der Waals surface area contributed by atoms with E-state index in [1.807, 2.05) is 37.4 Å². The predicted octanol–water partition coefficient (Wildman–Crippen LogP) is 4.57. The number of fused-ring (bicyclic) bond motifs is 1. The van der Waals surface area contributed by atoms with Gasteiger partial charge in [0.15, 0.2) is 0 Å². The van der Waals surface area contributed by atoms with E-state index in [0.29, 0.717) is 12.2 Å². The molecule has 1 aromatic heterocycles. The minimum atomic E-state index is -0.272. The molecule has 2 aromatic rings. The molecular formula is C21H26BrN2O2S+. The number of halogens is 1. The van der Waals surface area contributed by atoms with E-state index in [-0.39, 0.29) is 17.0 Å². The molecule has 1 aromatic carbocycles. The van der Waals surface area contributed by atoms with Gasteiger partial charge in [0.25, 0.3) is 0 Å². The van der Waals surface area contributed by atoms with Gasteiger partial charge in [0.1, 0.15) is 16.1 Å². The number of esters is 1. The summed E-state index contributed by atoms with van der Waals surface area (Å²) < 4.78 is 6.40. The van der Waals surface area contributed by atoms with Crippen LogP contribution in [0.4, 0.5) is 5.00 Å². The SMILES string of the molecule is CCOC(=O)c1c(N=Cc2ccc(Br)cc2)sc2c1CC(C)(C)[NH2+]C2(C)C. The second-order valence-electron chi connectivity index (χ2n) is 8.15. The highest BCUT2D eigenvalue weighted by Crippen LogP contribution is 2.43. The first-order valence-corrected chi connectivity index (χ1v) is 10.7. The number of rotatable bonds is 4. The number of hydrogen-bond acceptors (Lipinski definition) is 4. The molecule has 0 saturated heterocycles. The van der Waals surface area contributed by atoms with Crippen molar-refractivity contribution in [3.63, 3.8) is 0 Å². The summed E-state index contributed by atoms with van der Waals surface area (Å²) in [5.41, 5.74) is 2.64. The van der Waals surface area contributed by atoms with Crippen molar-refractivity contribution in [3.8, 4) is 0 Å². The molecule has 0 atom stereocenters. The number of nitrogens with two attached hydrogens (primary N) is 1. The molecule has 2 N–H and O–H groups in total. The quantitative estimate of drug-likeness (QED) is 0.548. The fraction of sp³-hybridized carbons (Fsp3) is 0.429. The summed E-state index contributed by atoms with van der Waals surface area (Å²) in [5.74, 6) is -0.272. The second-order valence-corrected chi connectivity index (χ2v) is 10.1. The van der Waals surface area contributed by atoms with Crippen molar-refractivity contribution in [1.29, 1.82) is 0 Å². The van der Waals surface area contributed by atoms with E-state index in [2.05, 4.69) is 48.9 Å². The number of nitrogens with zero attached hydrogens (tertiary/aromatic N) is 1. The van der Waals surface area contributed by atoms with Crippen LogP contribution in [0.15, 0.2) is 33.7 Å². The van der Waals surface area contributed by atoms with Gasteiger partial charge in [-0.2, -0.15) is 0 Å². The van der Waals surface area contributed by atoms with Gasteiger partial charge in [-0.05, 0) is 57.9 Å². The van der Waals surface area contributed by atoms with E-state index in [1.165, 1.54) is 4.88 Å². The van der Waals surface area contributed by atoms with Gasteiger partial charge in [0.05, 0.1) is 17.0 Å². The van der Waals surface area contributed by atoms with Gasteiger partial charge in [-0.25, -0.2) is 9.79 Å². The lowest BCUT2D eigenvalue weighted by Gasteiger charge is -2.38. The van der Waals surface area contributed by atoms with Crippen LogP contribution in [-0.2, 0) is 16.7 Å². The van der Waals surface area contributed by atoms with E-state index in [9.17, 15) is 4.79 Å². The first-order valence-electron chi connectivity index (χ1n) is 9.13. The van der Waals surface area contributed by atoms with Crippen LogP contribution in [0.25, 0.3) is 0 Å². The van der Waals surface area contributed by atoms with Crippen molar-refractivity contribution < 1.29 is 14.8 Å². The molecule has 4 nitrogen and oxygen atoms in total. The maximum absolute atomic E-state index is 12.8. The zero-order valence-electron chi connectivity index (χ0n) is 16.4. The van der Waals surface area contributed by atoms with Gasteiger partial charge in [-0.3, -0.25) is 0 Å². The van der Waals surface area contributed by atoms with Crippen molar-refractivity contribution >= 4 is 44.5 Å². The Bertz CT molecular complexity index is 882. The number of ether oxygens (including phenoxy) is 1. The van der Waals surface area contributed by atoms with E-state index in [0.717, 1.165) is 27.0 Å². The lowest BCUT2D eigenvalue weighted by atomic mass is 9.81. The average Bonchev–Trinajstić information content (AvgIpc) is 2.92. The standard InChI is InChI=1S/C21H25BrN2O2S/c1-6-26-19(25)16-15-11-20(2,3)24-21(4,5)17(15)27-18(16)23-12-13-7-9-14(22)10-8-13/h7-10,12,24H,6,11H2,1-5H3/p+1. The highest BCUT2D eigenvalue weighted by molar-refractivity contribution is 9.10. The molecule has 0 bridgehead atoms. The smallest absolute Gasteiger partial charge is 0.341 e. The monoisotopic (exact) mass is 449 g/mol. The van der Waals surface area contributed by atoms with Crippen molar-refractivity contribution in [2.24, 2.45) is 4.99 Å². The van der Waals surface area contributed by atoms with Crippen molar-refractivity contribution in [1.82, 2.24) is 0 Å². The third-order valence-corrected chi connectivity index (χ3v) is 6.65. The number of carbonyl (C=O) groups is 1. The van der Waals surface area contributed by atoms with Crippen molar-refractivity contribution in [3.05, 3.63) is 50.3 Å². The third kappa shape index (κ3) is 4.33. The average molecular weight is 450 g/mol.